The third-order valence-corrected chi connectivity index (χ3v) is 7.46. The predicted molar refractivity (Wildman–Crippen MR) is 124 cm³/mol. The van der Waals surface area contributed by atoms with Crippen LogP contribution in [0.2, 0.25) is 5.15 Å². The van der Waals surface area contributed by atoms with Gasteiger partial charge in [-0.1, -0.05) is 28.5 Å². The molecule has 15 nitrogen and oxygen atoms in total. The molecule has 2 aromatic heterocycles. The van der Waals surface area contributed by atoms with E-state index in [0.29, 0.717) is 16.5 Å². The number of H-pyrrole nitrogens is 1. The van der Waals surface area contributed by atoms with Crippen LogP contribution in [0.15, 0.2) is 27.6 Å². The molecule has 184 valence electrons. The number of carboxylic acids is 1. The summed E-state index contributed by atoms with van der Waals surface area (Å²) in [6.07, 6.45) is 0. The van der Waals surface area contributed by atoms with E-state index in [9.17, 15) is 19.5 Å². The number of aromatic amines is 1. The van der Waals surface area contributed by atoms with Gasteiger partial charge >= 0.3 is 5.97 Å². The molecular weight excluding hydrogens is 524 g/mol. The number of hydrogen-bond acceptors (Lipinski definition) is 13. The van der Waals surface area contributed by atoms with E-state index in [2.05, 4.69) is 41.1 Å². The molecule has 1 fully saturated rings. The molecule has 0 aliphatic carbocycles. The van der Waals surface area contributed by atoms with Gasteiger partial charge in [0.15, 0.2) is 5.71 Å². The highest BCUT2D eigenvalue weighted by Crippen LogP contribution is 2.43. The minimum atomic E-state index is -1.25. The number of fused-ring (bicyclic) bond motifs is 1. The lowest BCUT2D eigenvalue weighted by Crippen LogP contribution is -2.71. The van der Waals surface area contributed by atoms with E-state index in [4.69, 9.17) is 22.2 Å². The Morgan fingerprint density at radius 1 is 1.49 bits per heavy atom. The van der Waals surface area contributed by atoms with E-state index in [0.717, 1.165) is 4.90 Å². The summed E-state index contributed by atoms with van der Waals surface area (Å²) in [6.45, 7) is 1.79. The first kappa shape index (κ1) is 24.7. The zero-order valence-corrected chi connectivity index (χ0v) is 20.4. The molecule has 0 spiro atoms. The van der Waals surface area contributed by atoms with E-state index in [1.807, 2.05) is 0 Å². The van der Waals surface area contributed by atoms with Crippen molar-refractivity contribution in [3.8, 4) is 0 Å². The topological polar surface area (TPSA) is 215 Å². The average Bonchev–Trinajstić information content (AvgIpc) is 3.31. The first-order valence-electron chi connectivity index (χ1n) is 9.74. The molecule has 18 heteroatoms. The second-order valence-electron chi connectivity index (χ2n) is 7.05. The van der Waals surface area contributed by atoms with E-state index in [1.54, 1.807) is 6.92 Å². The second-order valence-corrected chi connectivity index (χ2v) is 9.85. The van der Waals surface area contributed by atoms with Gasteiger partial charge in [-0.05, 0) is 17.7 Å². The Morgan fingerprint density at radius 3 is 2.89 bits per heavy atom. The highest BCUT2D eigenvalue weighted by molar-refractivity contribution is 8.01. The molecule has 0 radical (unpaired) electrons. The molecule has 3 atom stereocenters. The third kappa shape index (κ3) is 4.87. The predicted octanol–water partition coefficient (Wildman–Crippen LogP) is -0.505. The van der Waals surface area contributed by atoms with Gasteiger partial charge in [0.2, 0.25) is 11.1 Å². The number of carbonyl (C=O) groups is 3. The van der Waals surface area contributed by atoms with Crippen molar-refractivity contribution in [3.63, 3.8) is 0 Å². The number of carboxylic acid groups (broad SMARTS) is 1. The first-order valence-corrected chi connectivity index (χ1v) is 12.1. The summed E-state index contributed by atoms with van der Waals surface area (Å²) < 4.78 is 0. The lowest BCUT2D eigenvalue weighted by Gasteiger charge is -2.49. The number of halogens is 1. The van der Waals surface area contributed by atoms with Crippen molar-refractivity contribution >= 4 is 64.6 Å². The molecule has 2 unspecified atom stereocenters. The number of nitrogen functional groups attached to an aromatic ring is 1. The van der Waals surface area contributed by atoms with E-state index < -0.39 is 29.2 Å². The molecule has 0 aromatic carbocycles. The standard InChI is InChI=1S/C17H17ClN10O5S2/c1-5(35-17-23-26-27-24-17)6-4-34-14-10(13(30)28(14)11(6)15(31)32)22-12(29)9(25-33-2)7-3-8(18)21-16(19)20-7/h3,5,10,14H,4H2,1-2H3,(H,22,29)(H,31,32)(H2,19,20,21)(H,23,24,26,27)/t5?,10?,14-/m1/s1. The van der Waals surface area contributed by atoms with E-state index >= 15 is 0 Å². The summed E-state index contributed by atoms with van der Waals surface area (Å²) >= 11 is 8.41. The highest BCUT2D eigenvalue weighted by Gasteiger charge is 2.55. The molecule has 2 aliphatic heterocycles. The van der Waals surface area contributed by atoms with Crippen molar-refractivity contribution in [1.82, 2.24) is 40.8 Å². The van der Waals surface area contributed by atoms with Crippen LogP contribution in [0.1, 0.15) is 12.6 Å². The summed E-state index contributed by atoms with van der Waals surface area (Å²) in [5.41, 5.74) is 5.69. The van der Waals surface area contributed by atoms with Crippen LogP contribution in [0.3, 0.4) is 0 Å². The van der Waals surface area contributed by atoms with Gasteiger partial charge in [-0.3, -0.25) is 14.5 Å². The normalized spacial score (nSPS) is 20.7. The number of hydrogen-bond donors (Lipinski definition) is 4. The fraction of sp³-hybridized carbons (Fsp3) is 0.353. The van der Waals surface area contributed by atoms with E-state index in [1.165, 1.54) is 36.7 Å². The molecule has 2 amide bonds. The van der Waals surface area contributed by atoms with Gasteiger partial charge in [0.25, 0.3) is 11.8 Å². The van der Waals surface area contributed by atoms with Crippen LogP contribution in [-0.2, 0) is 19.2 Å². The van der Waals surface area contributed by atoms with Gasteiger partial charge in [0.05, 0.1) is 0 Å². The molecule has 0 saturated carbocycles. The summed E-state index contributed by atoms with van der Waals surface area (Å²) in [6, 6.07) is 0.264. The average molecular weight is 541 g/mol. The van der Waals surface area contributed by atoms with Gasteiger partial charge < -0.3 is 21.0 Å². The highest BCUT2D eigenvalue weighted by atomic mass is 35.5. The Morgan fingerprint density at radius 2 is 2.26 bits per heavy atom. The zero-order valence-electron chi connectivity index (χ0n) is 18.0. The van der Waals surface area contributed by atoms with Crippen LogP contribution in [-0.4, -0.2) is 93.6 Å². The molecule has 1 saturated heterocycles. The van der Waals surface area contributed by atoms with Gasteiger partial charge in [-0.15, -0.1) is 22.0 Å². The molecule has 5 N–H and O–H groups in total. The Hall–Kier alpha value is -3.44. The third-order valence-electron chi connectivity index (χ3n) is 4.94. The number of nitrogens with one attached hydrogen (secondary N) is 2. The Labute approximate surface area is 210 Å². The zero-order chi connectivity index (χ0) is 25.3. The van der Waals surface area contributed by atoms with Gasteiger partial charge in [0.1, 0.15) is 35.1 Å². The van der Waals surface area contributed by atoms with Crippen LogP contribution in [0.4, 0.5) is 5.95 Å². The monoisotopic (exact) mass is 540 g/mol. The van der Waals surface area contributed by atoms with E-state index in [-0.39, 0.29) is 33.5 Å². The van der Waals surface area contributed by atoms with Crippen molar-refractivity contribution in [2.75, 3.05) is 18.6 Å². The van der Waals surface area contributed by atoms with Gasteiger partial charge in [-0.25, -0.2) is 14.8 Å². The van der Waals surface area contributed by atoms with Crippen molar-refractivity contribution < 1.29 is 24.3 Å². The molecular formula is C17H17ClN10O5S2. The SMILES string of the molecule is CON=C(C(=O)NC1C(=O)N2C(C(=O)O)=C(C(C)Sc3nn[nH]n3)CS[C@H]12)c1cc(Cl)nc(N)n1. The van der Waals surface area contributed by atoms with Crippen molar-refractivity contribution in [3.05, 3.63) is 28.2 Å². The second kappa shape index (κ2) is 10.0. The lowest BCUT2D eigenvalue weighted by atomic mass is 10.0. The summed E-state index contributed by atoms with van der Waals surface area (Å²) in [4.78, 5) is 51.6. The number of thioether (sulfide) groups is 2. The number of nitrogens with zero attached hydrogens (tertiary/aromatic N) is 7. The number of β-lactam (4-membered cyclic amide) rings is 1. The molecule has 4 rings (SSSR count). The number of amides is 2. The van der Waals surface area contributed by atoms with Crippen LogP contribution >= 0.6 is 35.1 Å². The van der Waals surface area contributed by atoms with Gasteiger partial charge in [-0.2, -0.15) is 5.21 Å². The number of rotatable bonds is 8. The molecule has 2 aromatic rings. The maximum atomic E-state index is 13.0. The number of carbonyl (C=O) groups excluding carboxylic acids is 2. The number of aromatic nitrogens is 6. The number of tetrazole rings is 1. The Bertz CT molecular complexity index is 1220. The maximum absolute atomic E-state index is 13.0. The summed E-state index contributed by atoms with van der Waals surface area (Å²) in [5, 5.41) is 29.0. The maximum Gasteiger partial charge on any atom is 0.352 e. The quantitative estimate of drug-likeness (QED) is 0.109. The first-order chi connectivity index (χ1) is 16.7. The summed E-state index contributed by atoms with van der Waals surface area (Å²) in [5.74, 6) is -2.50. The summed E-state index contributed by atoms with van der Waals surface area (Å²) in [7, 11) is 1.23. The molecule has 0 bridgehead atoms. The Balaban J connectivity index is 1.54. The minimum absolute atomic E-state index is 0.0116. The number of oxime groups is 1. The van der Waals surface area contributed by atoms with Crippen molar-refractivity contribution in [2.24, 2.45) is 5.16 Å². The Kier molecular flexibility index (Phi) is 7.08. The fourth-order valence-electron chi connectivity index (χ4n) is 3.45. The number of nitrogens with two attached hydrogens (primary N) is 1. The van der Waals surface area contributed by atoms with Crippen LogP contribution in [0.25, 0.3) is 0 Å². The van der Waals surface area contributed by atoms with Crippen molar-refractivity contribution in [2.45, 2.75) is 28.7 Å². The molecule has 4 heterocycles. The van der Waals surface area contributed by atoms with Crippen LogP contribution in [0.5, 0.6) is 0 Å². The fourth-order valence-corrected chi connectivity index (χ4v) is 6.05. The number of anilines is 1. The molecule has 2 aliphatic rings. The minimum Gasteiger partial charge on any atom is -0.477 e. The van der Waals surface area contributed by atoms with Crippen molar-refractivity contribution in [1.29, 1.82) is 0 Å². The van der Waals surface area contributed by atoms with Crippen LogP contribution < -0.4 is 11.1 Å². The number of aliphatic carboxylic acids is 1. The van der Waals surface area contributed by atoms with Crippen LogP contribution in [0, 0.1) is 0 Å². The van der Waals surface area contributed by atoms with Gasteiger partial charge in [0, 0.05) is 17.1 Å². The lowest BCUT2D eigenvalue weighted by molar-refractivity contribution is -0.150. The molecule has 35 heavy (non-hydrogen) atoms. The largest absolute Gasteiger partial charge is 0.477 e. The smallest absolute Gasteiger partial charge is 0.352 e.